The lowest BCUT2D eigenvalue weighted by Gasteiger charge is -2.18. The van der Waals surface area contributed by atoms with Gasteiger partial charge in [-0.1, -0.05) is 23.7 Å². The zero-order valence-electron chi connectivity index (χ0n) is 11.9. The Labute approximate surface area is 130 Å². The molecule has 0 atom stereocenters. The van der Waals surface area contributed by atoms with Crippen molar-refractivity contribution in [3.8, 4) is 0 Å². The van der Waals surface area contributed by atoms with Gasteiger partial charge in [0.05, 0.1) is 4.90 Å². The van der Waals surface area contributed by atoms with Gasteiger partial charge in [0.15, 0.2) is 0 Å². The summed E-state index contributed by atoms with van der Waals surface area (Å²) in [4.78, 5) is 0.235. The molecule has 2 aromatic carbocycles. The third kappa shape index (κ3) is 3.56. The predicted octanol–water partition coefficient (Wildman–Crippen LogP) is 3.05. The molecule has 0 aromatic heterocycles. The van der Waals surface area contributed by atoms with Gasteiger partial charge in [0, 0.05) is 24.3 Å². The molecule has 0 saturated carbocycles. The molecular formula is C15H17ClN2O2S. The Bertz CT molecular complexity index is 760. The lowest BCUT2D eigenvalue weighted by molar-refractivity contribution is 0.466. The lowest BCUT2D eigenvalue weighted by Crippen LogP contribution is -2.26. The van der Waals surface area contributed by atoms with Crippen LogP contribution in [0.5, 0.6) is 0 Å². The average molecular weight is 325 g/mol. The molecular weight excluding hydrogens is 308 g/mol. The number of hydrogen-bond acceptors (Lipinski definition) is 3. The Morgan fingerprint density at radius 3 is 2.52 bits per heavy atom. The van der Waals surface area contributed by atoms with Crippen molar-refractivity contribution in [3.05, 3.63) is 58.6 Å². The van der Waals surface area contributed by atoms with Gasteiger partial charge in [-0.2, -0.15) is 4.31 Å². The molecule has 2 aromatic rings. The number of benzene rings is 2. The van der Waals surface area contributed by atoms with E-state index in [4.69, 9.17) is 17.3 Å². The highest BCUT2D eigenvalue weighted by atomic mass is 35.5. The number of sulfonamides is 1. The van der Waals surface area contributed by atoms with Gasteiger partial charge >= 0.3 is 0 Å². The smallest absolute Gasteiger partial charge is 0.243 e. The van der Waals surface area contributed by atoms with Gasteiger partial charge in [-0.25, -0.2) is 8.42 Å². The number of aryl methyl sites for hydroxylation is 1. The Balaban J connectivity index is 2.28. The minimum absolute atomic E-state index is 0.235. The minimum atomic E-state index is -3.55. The van der Waals surface area contributed by atoms with E-state index < -0.39 is 10.0 Å². The van der Waals surface area contributed by atoms with E-state index >= 15 is 0 Å². The maximum absolute atomic E-state index is 12.5. The van der Waals surface area contributed by atoms with Crippen LogP contribution in [0.4, 0.5) is 5.69 Å². The SMILES string of the molecule is Cc1cc(S(=O)(=O)N(C)Cc2cccc(Cl)c2)ccc1N. The Kier molecular flexibility index (Phi) is 4.56. The molecule has 0 amide bonds. The third-order valence-corrected chi connectivity index (χ3v) is 5.28. The molecule has 0 fully saturated rings. The molecule has 2 rings (SSSR count). The van der Waals surface area contributed by atoms with E-state index in [2.05, 4.69) is 0 Å². The summed E-state index contributed by atoms with van der Waals surface area (Å²) in [5, 5.41) is 0.585. The van der Waals surface area contributed by atoms with Crippen LogP contribution in [0.25, 0.3) is 0 Å². The first-order valence-electron chi connectivity index (χ1n) is 6.37. The van der Waals surface area contributed by atoms with Crippen LogP contribution in [0, 0.1) is 6.92 Å². The highest BCUT2D eigenvalue weighted by molar-refractivity contribution is 7.89. The summed E-state index contributed by atoms with van der Waals surface area (Å²) in [5.41, 5.74) is 7.88. The Hall–Kier alpha value is -1.56. The van der Waals surface area contributed by atoms with Crippen molar-refractivity contribution in [2.45, 2.75) is 18.4 Å². The van der Waals surface area contributed by atoms with Crippen LogP contribution in [0.15, 0.2) is 47.4 Å². The molecule has 112 valence electrons. The highest BCUT2D eigenvalue weighted by Crippen LogP contribution is 2.21. The van der Waals surface area contributed by atoms with Crippen molar-refractivity contribution in [1.82, 2.24) is 4.31 Å². The van der Waals surface area contributed by atoms with Crippen LogP contribution >= 0.6 is 11.6 Å². The van der Waals surface area contributed by atoms with Crippen molar-refractivity contribution >= 4 is 27.3 Å². The maximum Gasteiger partial charge on any atom is 0.243 e. The first kappa shape index (κ1) is 15.8. The second kappa shape index (κ2) is 6.05. The van der Waals surface area contributed by atoms with Crippen LogP contribution < -0.4 is 5.73 Å². The van der Waals surface area contributed by atoms with E-state index in [-0.39, 0.29) is 11.4 Å². The number of nitrogens with two attached hydrogens (primary N) is 1. The Morgan fingerprint density at radius 1 is 1.19 bits per heavy atom. The summed E-state index contributed by atoms with van der Waals surface area (Å²) in [6.07, 6.45) is 0. The van der Waals surface area contributed by atoms with Crippen molar-refractivity contribution < 1.29 is 8.42 Å². The molecule has 0 bridgehead atoms. The number of anilines is 1. The largest absolute Gasteiger partial charge is 0.399 e. The Morgan fingerprint density at radius 2 is 1.90 bits per heavy atom. The molecule has 21 heavy (non-hydrogen) atoms. The molecule has 0 unspecified atom stereocenters. The summed E-state index contributed by atoms with van der Waals surface area (Å²) in [6.45, 7) is 2.04. The molecule has 0 aliphatic carbocycles. The van der Waals surface area contributed by atoms with Gasteiger partial charge in [-0.15, -0.1) is 0 Å². The summed E-state index contributed by atoms with van der Waals surface area (Å²) in [7, 11) is -2.01. The first-order chi connectivity index (χ1) is 9.80. The van der Waals surface area contributed by atoms with Gasteiger partial charge in [0.25, 0.3) is 0 Å². The van der Waals surface area contributed by atoms with Crippen molar-refractivity contribution in [3.63, 3.8) is 0 Å². The van der Waals surface area contributed by atoms with Crippen LogP contribution in [0.2, 0.25) is 5.02 Å². The summed E-state index contributed by atoms with van der Waals surface area (Å²) < 4.78 is 26.4. The second-order valence-corrected chi connectivity index (χ2v) is 7.39. The summed E-state index contributed by atoms with van der Waals surface area (Å²) in [6, 6.07) is 11.9. The average Bonchev–Trinajstić information content (AvgIpc) is 2.41. The fraction of sp³-hybridized carbons (Fsp3) is 0.200. The van der Waals surface area contributed by atoms with Crippen molar-refractivity contribution in [1.29, 1.82) is 0 Å². The minimum Gasteiger partial charge on any atom is -0.399 e. The monoisotopic (exact) mass is 324 g/mol. The summed E-state index contributed by atoms with van der Waals surface area (Å²) >= 11 is 5.92. The van der Waals surface area contributed by atoms with Crippen molar-refractivity contribution in [2.24, 2.45) is 0 Å². The first-order valence-corrected chi connectivity index (χ1v) is 8.19. The maximum atomic E-state index is 12.5. The molecule has 0 heterocycles. The fourth-order valence-electron chi connectivity index (χ4n) is 1.97. The second-order valence-electron chi connectivity index (χ2n) is 4.91. The molecule has 4 nitrogen and oxygen atoms in total. The molecule has 2 N–H and O–H groups in total. The van der Waals surface area contributed by atoms with Gasteiger partial charge in [-0.05, 0) is 48.4 Å². The molecule has 0 radical (unpaired) electrons. The molecule has 0 aliphatic heterocycles. The number of halogens is 1. The predicted molar refractivity (Wildman–Crippen MR) is 85.7 cm³/mol. The van der Waals surface area contributed by atoms with Gasteiger partial charge in [0.1, 0.15) is 0 Å². The van der Waals surface area contributed by atoms with Crippen LogP contribution in [-0.2, 0) is 16.6 Å². The molecule has 0 spiro atoms. The van der Waals surface area contributed by atoms with Crippen LogP contribution in [-0.4, -0.2) is 19.8 Å². The molecule has 6 heteroatoms. The standard InChI is InChI=1S/C15H17ClN2O2S/c1-11-8-14(6-7-15(11)17)21(19,20)18(2)10-12-4-3-5-13(16)9-12/h3-9H,10,17H2,1-2H3. The lowest BCUT2D eigenvalue weighted by atomic mass is 10.2. The van der Waals surface area contributed by atoms with E-state index in [1.54, 1.807) is 44.3 Å². The highest BCUT2D eigenvalue weighted by Gasteiger charge is 2.21. The van der Waals surface area contributed by atoms with Gasteiger partial charge < -0.3 is 5.73 Å². The number of hydrogen-bond donors (Lipinski definition) is 1. The fourth-order valence-corrected chi connectivity index (χ4v) is 3.42. The van der Waals surface area contributed by atoms with Gasteiger partial charge in [-0.3, -0.25) is 0 Å². The van der Waals surface area contributed by atoms with E-state index in [1.807, 2.05) is 6.07 Å². The summed E-state index contributed by atoms with van der Waals surface area (Å²) in [5.74, 6) is 0. The topological polar surface area (TPSA) is 63.4 Å². The zero-order valence-corrected chi connectivity index (χ0v) is 13.4. The van der Waals surface area contributed by atoms with Crippen molar-refractivity contribution in [2.75, 3.05) is 12.8 Å². The number of rotatable bonds is 4. The third-order valence-electron chi connectivity index (χ3n) is 3.24. The zero-order chi connectivity index (χ0) is 15.6. The molecule has 0 aliphatic rings. The van der Waals surface area contributed by atoms with Gasteiger partial charge in [0.2, 0.25) is 10.0 Å². The van der Waals surface area contributed by atoms with Crippen LogP contribution in [0.3, 0.4) is 0 Å². The molecule has 0 saturated heterocycles. The van der Waals surface area contributed by atoms with E-state index in [0.717, 1.165) is 11.1 Å². The quantitative estimate of drug-likeness (QED) is 0.879. The van der Waals surface area contributed by atoms with E-state index in [0.29, 0.717) is 10.7 Å². The van der Waals surface area contributed by atoms with E-state index in [1.165, 1.54) is 10.4 Å². The van der Waals surface area contributed by atoms with E-state index in [9.17, 15) is 8.42 Å². The normalized spacial score (nSPS) is 11.8. The number of nitrogen functional groups attached to an aromatic ring is 1. The number of nitrogens with zero attached hydrogens (tertiary/aromatic N) is 1. The van der Waals surface area contributed by atoms with Crippen LogP contribution in [0.1, 0.15) is 11.1 Å².